The number of H-pyrrole nitrogens is 1. The Labute approximate surface area is 159 Å². The Morgan fingerprint density at radius 3 is 2.93 bits per heavy atom. The second-order valence-electron chi connectivity index (χ2n) is 6.01. The first-order chi connectivity index (χ1) is 13.0. The van der Waals surface area contributed by atoms with E-state index in [0.29, 0.717) is 22.7 Å². The summed E-state index contributed by atoms with van der Waals surface area (Å²) in [6.07, 6.45) is 0.781. The number of thioether (sulfide) groups is 1. The van der Waals surface area contributed by atoms with Gasteiger partial charge in [-0.15, -0.1) is 0 Å². The molecule has 27 heavy (non-hydrogen) atoms. The van der Waals surface area contributed by atoms with E-state index in [2.05, 4.69) is 4.98 Å². The monoisotopic (exact) mass is 383 g/mol. The first kappa shape index (κ1) is 18.7. The molecule has 0 unspecified atom stereocenters. The van der Waals surface area contributed by atoms with Crippen LogP contribution in [0.1, 0.15) is 16.7 Å². The highest BCUT2D eigenvalue weighted by atomic mass is 32.2. The lowest BCUT2D eigenvalue weighted by atomic mass is 10.2. The second kappa shape index (κ2) is 8.10. The third kappa shape index (κ3) is 4.20. The van der Waals surface area contributed by atoms with E-state index in [4.69, 9.17) is 4.74 Å². The summed E-state index contributed by atoms with van der Waals surface area (Å²) < 4.78 is 5.06. The maximum absolute atomic E-state index is 12.3. The van der Waals surface area contributed by atoms with Gasteiger partial charge in [-0.25, -0.2) is 0 Å². The lowest BCUT2D eigenvalue weighted by molar-refractivity contribution is -0.145. The quantitative estimate of drug-likeness (QED) is 0.624. The van der Waals surface area contributed by atoms with Gasteiger partial charge in [-0.1, -0.05) is 30.0 Å². The molecule has 3 rings (SSSR count). The molecule has 8 heteroatoms. The number of esters is 1. The number of fused-ring (bicyclic) bond motifs is 1. The summed E-state index contributed by atoms with van der Waals surface area (Å²) in [6, 6.07) is 11.0. The molecule has 0 fully saturated rings. The molecule has 0 saturated carbocycles. The highest BCUT2D eigenvalue weighted by molar-refractivity contribution is 7.99. The van der Waals surface area contributed by atoms with Gasteiger partial charge in [0.05, 0.1) is 16.3 Å². The Bertz CT molecular complexity index is 993. The zero-order valence-corrected chi connectivity index (χ0v) is 15.5. The van der Waals surface area contributed by atoms with Gasteiger partial charge in [-0.05, 0) is 30.5 Å². The summed E-state index contributed by atoms with van der Waals surface area (Å²) >= 11 is 1.00. The van der Waals surface area contributed by atoms with Gasteiger partial charge in [0, 0.05) is 18.3 Å². The van der Waals surface area contributed by atoms with Crippen LogP contribution in [0.5, 0.6) is 0 Å². The molecule has 1 aliphatic heterocycles. The van der Waals surface area contributed by atoms with Gasteiger partial charge >= 0.3 is 5.97 Å². The third-order valence-corrected chi connectivity index (χ3v) is 5.17. The van der Waals surface area contributed by atoms with Crippen LogP contribution in [0.25, 0.3) is 0 Å². The topological polar surface area (TPSA) is 103 Å². The summed E-state index contributed by atoms with van der Waals surface area (Å²) in [6.45, 7) is 1.88. The van der Waals surface area contributed by atoms with Crippen molar-refractivity contribution in [2.45, 2.75) is 18.4 Å². The number of amides is 1. The number of benzene rings is 1. The van der Waals surface area contributed by atoms with Crippen LogP contribution in [0.2, 0.25) is 0 Å². The number of nitriles is 1. The molecule has 0 spiro atoms. The molecular formula is C19H17N3O4S. The number of hydrogen-bond acceptors (Lipinski definition) is 6. The van der Waals surface area contributed by atoms with Crippen molar-refractivity contribution in [2.24, 2.45) is 0 Å². The average molecular weight is 383 g/mol. The maximum Gasteiger partial charge on any atom is 0.316 e. The fraction of sp³-hybridized carbons (Fsp3) is 0.263. The summed E-state index contributed by atoms with van der Waals surface area (Å²) in [7, 11) is 0. The van der Waals surface area contributed by atoms with Gasteiger partial charge in [0.25, 0.3) is 5.91 Å². The van der Waals surface area contributed by atoms with Crippen LogP contribution < -0.4 is 10.5 Å². The van der Waals surface area contributed by atoms with Crippen molar-refractivity contribution < 1.29 is 14.3 Å². The molecule has 1 aromatic heterocycles. The van der Waals surface area contributed by atoms with E-state index in [1.54, 1.807) is 11.8 Å². The van der Waals surface area contributed by atoms with E-state index in [9.17, 15) is 19.6 Å². The van der Waals surface area contributed by atoms with E-state index < -0.39 is 5.97 Å². The Morgan fingerprint density at radius 1 is 1.37 bits per heavy atom. The first-order valence-electron chi connectivity index (χ1n) is 8.30. The lowest BCUT2D eigenvalue weighted by Gasteiger charge is -2.17. The van der Waals surface area contributed by atoms with E-state index >= 15 is 0 Å². The number of nitrogens with one attached hydrogen (secondary N) is 1. The number of hydrogen-bond donors (Lipinski definition) is 1. The van der Waals surface area contributed by atoms with E-state index in [0.717, 1.165) is 29.4 Å². The van der Waals surface area contributed by atoms with Crippen molar-refractivity contribution in [1.82, 2.24) is 4.98 Å². The summed E-state index contributed by atoms with van der Waals surface area (Å²) in [5.74, 6) is -0.982. The standard InChI is InChI=1S/C19H17N3O4S/c1-12-8-16(23)21-19(14(12)9-20)27-11-18(25)26-10-17(24)22-7-6-13-4-2-3-5-15(13)22/h2-5,8H,6-7,10-11H2,1H3,(H,21,23). The Kier molecular flexibility index (Phi) is 5.62. The van der Waals surface area contributed by atoms with Gasteiger partial charge in [-0.3, -0.25) is 14.4 Å². The van der Waals surface area contributed by atoms with Crippen LogP contribution in [0.15, 0.2) is 40.2 Å². The van der Waals surface area contributed by atoms with Gasteiger partial charge in [0.1, 0.15) is 6.07 Å². The van der Waals surface area contributed by atoms with Crippen molar-refractivity contribution in [3.8, 4) is 6.07 Å². The normalized spacial score (nSPS) is 12.4. The fourth-order valence-electron chi connectivity index (χ4n) is 2.90. The molecule has 7 nitrogen and oxygen atoms in total. The van der Waals surface area contributed by atoms with Gasteiger partial charge in [0.2, 0.25) is 5.56 Å². The first-order valence-corrected chi connectivity index (χ1v) is 9.29. The van der Waals surface area contributed by atoms with Gasteiger partial charge < -0.3 is 14.6 Å². The second-order valence-corrected chi connectivity index (χ2v) is 6.99. The number of carbonyl (C=O) groups is 2. The molecule has 2 heterocycles. The fourth-order valence-corrected chi connectivity index (χ4v) is 3.77. The van der Waals surface area contributed by atoms with Gasteiger partial charge in [0.15, 0.2) is 6.61 Å². The number of aromatic nitrogens is 1. The Morgan fingerprint density at radius 2 is 2.15 bits per heavy atom. The van der Waals surface area contributed by atoms with E-state index in [1.807, 2.05) is 30.3 Å². The molecule has 2 aromatic rings. The number of ether oxygens (including phenoxy) is 1. The zero-order valence-electron chi connectivity index (χ0n) is 14.7. The molecule has 0 saturated heterocycles. The number of aromatic amines is 1. The molecular weight excluding hydrogens is 366 g/mol. The number of anilines is 1. The van der Waals surface area contributed by atoms with E-state index in [-0.39, 0.29) is 23.8 Å². The van der Waals surface area contributed by atoms with Crippen molar-refractivity contribution in [3.63, 3.8) is 0 Å². The maximum atomic E-state index is 12.3. The average Bonchev–Trinajstić information content (AvgIpc) is 3.08. The lowest BCUT2D eigenvalue weighted by Crippen LogP contribution is -2.33. The molecule has 0 bridgehead atoms. The highest BCUT2D eigenvalue weighted by Gasteiger charge is 2.24. The molecule has 1 N–H and O–H groups in total. The van der Waals surface area contributed by atoms with Crippen LogP contribution in [-0.4, -0.2) is 35.8 Å². The number of aryl methyl sites for hydroxylation is 1. The van der Waals surface area contributed by atoms with Crippen LogP contribution in [0.3, 0.4) is 0 Å². The minimum atomic E-state index is -0.591. The number of carbonyl (C=O) groups excluding carboxylic acids is 2. The minimum Gasteiger partial charge on any atom is -0.455 e. The predicted molar refractivity (Wildman–Crippen MR) is 101 cm³/mol. The summed E-state index contributed by atoms with van der Waals surface area (Å²) in [5.41, 5.74) is 2.46. The number of nitrogens with zero attached hydrogens (tertiary/aromatic N) is 2. The Balaban J connectivity index is 1.55. The number of rotatable bonds is 5. The zero-order chi connectivity index (χ0) is 19.4. The highest BCUT2D eigenvalue weighted by Crippen LogP contribution is 2.27. The SMILES string of the molecule is Cc1cc(=O)[nH]c(SCC(=O)OCC(=O)N2CCc3ccccc32)c1C#N. The van der Waals surface area contributed by atoms with Crippen molar-refractivity contribution >= 4 is 29.3 Å². The van der Waals surface area contributed by atoms with Crippen LogP contribution in [-0.2, 0) is 20.7 Å². The van der Waals surface area contributed by atoms with Gasteiger partial charge in [-0.2, -0.15) is 5.26 Å². The molecule has 138 valence electrons. The van der Waals surface area contributed by atoms with Crippen molar-refractivity contribution in [3.05, 3.63) is 57.4 Å². The summed E-state index contributed by atoms with van der Waals surface area (Å²) in [5, 5.41) is 9.50. The van der Waals surface area contributed by atoms with Crippen molar-refractivity contribution in [2.75, 3.05) is 23.8 Å². The molecule has 1 aromatic carbocycles. The van der Waals surface area contributed by atoms with Crippen molar-refractivity contribution in [1.29, 1.82) is 5.26 Å². The molecule has 1 amide bonds. The third-order valence-electron chi connectivity index (χ3n) is 4.20. The molecule has 0 atom stereocenters. The Hall–Kier alpha value is -3.05. The number of para-hydroxylation sites is 1. The largest absolute Gasteiger partial charge is 0.455 e. The van der Waals surface area contributed by atoms with Crippen LogP contribution in [0.4, 0.5) is 5.69 Å². The molecule has 0 radical (unpaired) electrons. The smallest absolute Gasteiger partial charge is 0.316 e. The van der Waals surface area contributed by atoms with Crippen LogP contribution in [0, 0.1) is 18.3 Å². The van der Waals surface area contributed by atoms with Crippen LogP contribution >= 0.6 is 11.8 Å². The minimum absolute atomic E-state index is 0.113. The predicted octanol–water partition coefficient (Wildman–Crippen LogP) is 1.78. The van der Waals surface area contributed by atoms with E-state index in [1.165, 1.54) is 6.07 Å². The molecule has 1 aliphatic rings. The molecule has 0 aliphatic carbocycles. The summed E-state index contributed by atoms with van der Waals surface area (Å²) in [4.78, 5) is 40.0. The number of pyridine rings is 1.